The number of nitrogens with one attached hydrogen (secondary N) is 5. The number of nitrogens with zero attached hydrogens (tertiary/aromatic N) is 4. The Morgan fingerprint density at radius 1 is 0.824 bits per heavy atom. The number of carbonyl (C=O) groups is 11. The molecule has 4 aromatic rings. The number of carboxylic acid groups (broad SMARTS) is 1. The summed E-state index contributed by atoms with van der Waals surface area (Å²) in [4.78, 5) is 173. The second-order valence-corrected chi connectivity index (χ2v) is 36.0. The molecule has 10 aliphatic rings. The van der Waals surface area contributed by atoms with Crippen molar-refractivity contribution in [3.63, 3.8) is 0 Å². The highest BCUT2D eigenvalue weighted by Gasteiger charge is 2.51. The van der Waals surface area contributed by atoms with E-state index in [4.69, 9.17) is 43.6 Å². The molecule has 7 aliphatic heterocycles. The van der Waals surface area contributed by atoms with Gasteiger partial charge < -0.3 is 95.4 Å². The van der Waals surface area contributed by atoms with E-state index in [0.717, 1.165) is 23.8 Å². The molecule has 7 amide bonds. The number of phenolic OH excluding ortho intramolecular Hbond substituents is 1. The predicted molar refractivity (Wildman–Crippen MR) is 483 cm³/mol. The number of aliphatic hydroxyl groups is 2. The number of carbonyl (C=O) groups excluding carboxylic acids is 10. The van der Waals surface area contributed by atoms with E-state index < -0.39 is 159 Å². The number of aromatic nitrogens is 1. The van der Waals surface area contributed by atoms with Gasteiger partial charge in [0.1, 0.15) is 58.1 Å². The molecule has 7 heterocycles. The number of methoxy groups -OCH3 is 2. The molecule has 3 fully saturated rings. The molecule has 0 aromatic heterocycles. The van der Waals surface area contributed by atoms with E-state index in [1.807, 2.05) is 4.90 Å². The smallest absolute Gasteiger partial charge is 0.339 e. The number of hydrogen-bond donors (Lipinski definition) is 10. The standard InChI is InChI=1S/C97H117FN10O23/c1-48(2)78(103-71(111)21-14-13-15-36-108-72(112)28-29-73(108)113)67(110)42-58(20-17-35-100-96(99)124)94(121)102-59-26-22-56(23-27-59)47-127-69-43-62(106-37-30-60(31-38-106)101-61-32-39-107(40-33-61)82-66(98)46-64-74(90(82)126-12)63(57-24-25-57)45-65(86(64)117)95(122)123)44-70-79(69)104-80-75-76-85(116)54(8)89-77(75)92(119)97(10,131-89)128-41-34-68(125-11)51(5)88(129-55(9)109)53(7)84(115)52(6)83(114)49(3)18-16-19-50(4)93(120)105-81(87(76)118)91(80)130-70/h16,18-19,22-23,26-29,34,41,43-46,48-49,51-53,57-58,60-61,63,68,78,83-84,88,101,114-116H,13-15,17,20-21,24-25,30-33,35-40,42,47H2,1-12H3,(H,102,121)(H,103,111)(H,105,120)(H,122,123)(H3,99,100,124)/b18-16+,41-34+,50-19-/t49-,51+,52+,53+,58+,63?,68-,78-,83-,84+,88+,97-/m0/s1. The number of urea groups is 1. The highest BCUT2D eigenvalue weighted by atomic mass is 19.1. The van der Waals surface area contributed by atoms with Crippen LogP contribution in [0.15, 0.2) is 112 Å². The number of esters is 1. The van der Waals surface area contributed by atoms with Crippen LogP contribution in [0.3, 0.4) is 0 Å². The van der Waals surface area contributed by atoms with Gasteiger partial charge in [-0.3, -0.25) is 52.8 Å². The lowest BCUT2D eigenvalue weighted by atomic mass is 9.78. The maximum Gasteiger partial charge on any atom is 0.339 e. The molecule has 700 valence electrons. The molecule has 0 spiro atoms. The molecule has 0 radical (unpaired) electrons. The van der Waals surface area contributed by atoms with E-state index in [-0.39, 0.29) is 154 Å². The predicted octanol–water partition coefficient (Wildman–Crippen LogP) is 11.2. The number of anilines is 4. The quantitative estimate of drug-likeness (QED) is 0.00521. The maximum atomic E-state index is 16.5. The molecule has 2 saturated heterocycles. The van der Waals surface area contributed by atoms with Crippen LogP contribution in [0.2, 0.25) is 0 Å². The van der Waals surface area contributed by atoms with Gasteiger partial charge in [-0.2, -0.15) is 0 Å². The normalized spacial score (nSPS) is 24.3. The second-order valence-electron chi connectivity index (χ2n) is 36.0. The summed E-state index contributed by atoms with van der Waals surface area (Å²) in [5.74, 6) is -14.8. The summed E-state index contributed by atoms with van der Waals surface area (Å²) in [6, 6.07) is 9.64. The zero-order chi connectivity index (χ0) is 94.5. The first-order chi connectivity index (χ1) is 62.4. The van der Waals surface area contributed by atoms with Gasteiger partial charge in [0, 0.05) is 184 Å². The summed E-state index contributed by atoms with van der Waals surface area (Å²) in [7, 11) is 2.85. The molecule has 33 nitrogen and oxygen atoms in total. The number of aliphatic carboxylic acids is 1. The number of benzene rings is 5. The van der Waals surface area contributed by atoms with Crippen LogP contribution in [-0.2, 0) is 59.2 Å². The van der Waals surface area contributed by atoms with Crippen LogP contribution in [0.4, 0.5) is 31.9 Å². The number of aliphatic hydroxyl groups excluding tert-OH is 2. The van der Waals surface area contributed by atoms with Crippen LogP contribution in [0.1, 0.15) is 189 Å². The van der Waals surface area contributed by atoms with Crippen molar-refractivity contribution >= 4 is 109 Å². The molecule has 5 bridgehead atoms. The molecule has 14 rings (SSSR count). The third kappa shape index (κ3) is 21.0. The van der Waals surface area contributed by atoms with Crippen LogP contribution < -0.4 is 61.8 Å². The number of imide groups is 1. The zero-order valence-corrected chi connectivity index (χ0v) is 75.8. The lowest BCUT2D eigenvalue weighted by Crippen LogP contribution is -2.50. The summed E-state index contributed by atoms with van der Waals surface area (Å²) in [6.07, 6.45) is 12.7. The fourth-order valence-electron chi connectivity index (χ4n) is 18.8. The van der Waals surface area contributed by atoms with E-state index in [2.05, 4.69) is 31.5 Å². The summed E-state index contributed by atoms with van der Waals surface area (Å²) < 4.78 is 60.9. The number of piperidine rings is 2. The number of nitrogens with two attached hydrogens (primary N) is 1. The third-order valence-corrected chi connectivity index (χ3v) is 26.5. The lowest BCUT2D eigenvalue weighted by molar-refractivity contribution is -0.160. The maximum absolute atomic E-state index is 16.5. The Morgan fingerprint density at radius 3 is 2.14 bits per heavy atom. The number of ketones is 3. The average Bonchev–Trinajstić information content (AvgIpc) is 1.59. The molecular weight excluding hydrogens is 1690 g/mol. The van der Waals surface area contributed by atoms with Crippen LogP contribution in [0, 0.1) is 54.2 Å². The molecule has 131 heavy (non-hydrogen) atoms. The number of halogens is 1. The van der Waals surface area contributed by atoms with Crippen molar-refractivity contribution in [2.24, 2.45) is 47.2 Å². The van der Waals surface area contributed by atoms with Gasteiger partial charge >= 0.3 is 23.8 Å². The van der Waals surface area contributed by atoms with Gasteiger partial charge in [-0.05, 0) is 120 Å². The van der Waals surface area contributed by atoms with Crippen molar-refractivity contribution in [3.8, 4) is 34.5 Å². The summed E-state index contributed by atoms with van der Waals surface area (Å²) in [5.41, 5.74) is 5.40. The Hall–Kier alpha value is -12.4. The fourth-order valence-corrected chi connectivity index (χ4v) is 18.8. The van der Waals surface area contributed by atoms with Crippen LogP contribution in [0.25, 0.3) is 33.3 Å². The molecule has 34 heteroatoms. The Labute approximate surface area is 757 Å². The van der Waals surface area contributed by atoms with Gasteiger partial charge in [0.25, 0.3) is 23.5 Å². The number of phenols is 1. The van der Waals surface area contributed by atoms with E-state index in [1.54, 1.807) is 90.1 Å². The van der Waals surface area contributed by atoms with Gasteiger partial charge in [0.05, 0.1) is 48.7 Å². The number of rotatable bonds is 29. The average molecular weight is 1810 g/mol. The summed E-state index contributed by atoms with van der Waals surface area (Å²) in [6.45, 7) is 17.8. The molecule has 3 aliphatic carbocycles. The lowest BCUT2D eigenvalue weighted by Gasteiger charge is -2.40. The fraction of sp³-hybridized carbons (Fsp3) is 0.495. The van der Waals surface area contributed by atoms with Crippen LogP contribution in [0.5, 0.6) is 23.0 Å². The number of amides is 7. The number of primary amides is 1. The Balaban J connectivity index is 0.821. The summed E-state index contributed by atoms with van der Waals surface area (Å²) >= 11 is 0. The van der Waals surface area contributed by atoms with Gasteiger partial charge in [-0.15, -0.1) is 0 Å². The van der Waals surface area contributed by atoms with Crippen molar-refractivity contribution in [2.45, 2.75) is 214 Å². The first-order valence-electron chi connectivity index (χ1n) is 44.9. The van der Waals surface area contributed by atoms with Crippen molar-refractivity contribution in [2.75, 3.05) is 73.9 Å². The minimum absolute atomic E-state index is 0.00143. The van der Waals surface area contributed by atoms with Gasteiger partial charge in [0.15, 0.2) is 28.7 Å². The molecule has 4 aromatic carbocycles. The number of fused-ring (bicyclic) bond motifs is 15. The molecule has 12 atom stereocenters. The van der Waals surface area contributed by atoms with Gasteiger partial charge in [0.2, 0.25) is 23.0 Å². The number of aromatic hydroxyl groups is 1. The Kier molecular flexibility index (Phi) is 30.1. The van der Waals surface area contributed by atoms with E-state index >= 15 is 14.0 Å². The highest BCUT2D eigenvalue weighted by Crippen LogP contribution is 2.55. The molecule has 1 saturated carbocycles. The van der Waals surface area contributed by atoms with Crippen molar-refractivity contribution < 1.29 is 110 Å². The number of Topliss-reactive ketones (excluding diaryl/α,β-unsaturated/α-hetero) is 3. The zero-order valence-electron chi connectivity index (χ0n) is 75.8. The minimum atomic E-state index is -2.23. The number of allylic oxidation sites excluding steroid dienone is 3. The van der Waals surface area contributed by atoms with Crippen molar-refractivity contribution in [1.29, 1.82) is 0 Å². The number of hydrogen-bond acceptors (Lipinski definition) is 26. The van der Waals surface area contributed by atoms with Crippen molar-refractivity contribution in [1.82, 2.24) is 25.8 Å². The Morgan fingerprint density at radius 2 is 1.50 bits per heavy atom. The van der Waals surface area contributed by atoms with Gasteiger partial charge in [-0.1, -0.05) is 84.4 Å². The first-order valence-corrected chi connectivity index (χ1v) is 44.9. The monoisotopic (exact) mass is 1810 g/mol. The van der Waals surface area contributed by atoms with E-state index in [9.17, 15) is 68.4 Å². The van der Waals surface area contributed by atoms with Crippen molar-refractivity contribution in [3.05, 3.63) is 146 Å². The van der Waals surface area contributed by atoms with Gasteiger partial charge in [-0.25, -0.2) is 19.0 Å². The van der Waals surface area contributed by atoms with E-state index in [1.165, 1.54) is 78.6 Å². The number of carboxylic acids is 1. The highest BCUT2D eigenvalue weighted by molar-refractivity contribution is 6.26. The second kappa shape index (κ2) is 40.9. The molecular formula is C97H117FN10O23. The first kappa shape index (κ1) is 96.2. The molecule has 1 unspecified atom stereocenters. The number of unbranched alkanes of at least 4 members (excludes halogenated alkanes) is 2. The SMILES string of the molecule is COc1c2c(cc(F)c1N1CCC(NC3CCN(c4cc(OCc5ccc(NC(=O)[C@H](CCCNC(N)=O)CC(=O)[C@@H](NC(=O)CCCCCN6C(=O)C=CC6=O)C(C)C)cc5)c5nc6c7c8c9c(C)c(O)c7c(=O)c(c-6oc5c4)NC(=O)/C(C)=C\C=C\[C@H](C)[C@H](O)[C@@H](C)[C@@H](O)[C@@H](C)[C@H](OC(C)=O)[C@H](C)[C@@H](OC)/C=C/O[C@@](C)(O9)C8=O)CC3)CC1)C(=O)C(C(=O)O)=CC2C1CC1. The summed E-state index contributed by atoms with van der Waals surface area (Å²) in [5, 5.41) is 60.4. The largest absolute Gasteiger partial charge is 0.507 e. The molecule has 11 N–H and O–H groups in total. The van der Waals surface area contributed by atoms with Crippen LogP contribution in [-0.4, -0.2) is 197 Å². The topological polar surface area (TPSA) is 463 Å². The Bertz CT molecular complexity index is 5630. The number of ether oxygens (including phenoxy) is 6. The third-order valence-electron chi connectivity index (χ3n) is 26.5. The van der Waals surface area contributed by atoms with Crippen LogP contribution >= 0.6 is 0 Å². The minimum Gasteiger partial charge on any atom is -0.507 e. The van der Waals surface area contributed by atoms with E-state index in [0.29, 0.717) is 93.6 Å².